The number of hydrogen-bond donors (Lipinski definition) is 0. The Kier molecular flexibility index (Phi) is 4.11. The molecule has 0 aromatic carbocycles. The van der Waals surface area contributed by atoms with Crippen molar-refractivity contribution in [3.63, 3.8) is 0 Å². The maximum Gasteiger partial charge on any atom is 0.0121 e. The lowest BCUT2D eigenvalue weighted by molar-refractivity contribution is 0.804. The van der Waals surface area contributed by atoms with Gasteiger partial charge in [0.2, 0.25) is 0 Å². The average molecular weight is 158 g/mol. The van der Waals surface area contributed by atoms with Crippen molar-refractivity contribution in [2.45, 2.75) is 39.4 Å². The number of rotatable bonds is 2. The first kappa shape index (κ1) is 10.1. The Balaban J connectivity index is 3.47. The van der Waals surface area contributed by atoms with Crippen molar-refractivity contribution >= 4 is 11.8 Å². The van der Waals surface area contributed by atoms with Gasteiger partial charge < -0.3 is 0 Å². The Labute approximate surface area is 69.1 Å². The maximum atomic E-state index is 2.27. The van der Waals surface area contributed by atoms with E-state index in [1.807, 2.05) is 11.8 Å². The summed E-state index contributed by atoms with van der Waals surface area (Å²) in [6.45, 7) is 11.0. The molecule has 0 saturated carbocycles. The lowest BCUT2D eigenvalue weighted by atomic mass is 10.3. The van der Waals surface area contributed by atoms with Crippen LogP contribution in [0.3, 0.4) is 0 Å². The van der Waals surface area contributed by atoms with Gasteiger partial charge in [-0.1, -0.05) is 32.4 Å². The van der Waals surface area contributed by atoms with Crippen LogP contribution < -0.4 is 0 Å². The molecule has 0 radical (unpaired) electrons. The zero-order valence-electron chi connectivity index (χ0n) is 7.69. The van der Waals surface area contributed by atoms with E-state index in [2.05, 4.69) is 40.7 Å². The summed E-state index contributed by atoms with van der Waals surface area (Å²) in [7, 11) is 0. The van der Waals surface area contributed by atoms with Gasteiger partial charge in [0, 0.05) is 10.5 Å². The lowest BCUT2D eigenvalue weighted by Gasteiger charge is -2.15. The van der Waals surface area contributed by atoms with Crippen molar-refractivity contribution in [1.29, 1.82) is 0 Å². The van der Waals surface area contributed by atoms with Crippen LogP contribution in [0.4, 0.5) is 0 Å². The van der Waals surface area contributed by atoms with E-state index >= 15 is 0 Å². The third-order valence-electron chi connectivity index (χ3n) is 1.01. The van der Waals surface area contributed by atoms with Gasteiger partial charge in [-0.05, 0) is 13.8 Å². The largest absolute Gasteiger partial charge is 0.152 e. The van der Waals surface area contributed by atoms with E-state index in [0.29, 0.717) is 4.75 Å². The first-order valence-electron chi connectivity index (χ1n) is 3.69. The molecule has 0 aliphatic carbocycles. The minimum atomic E-state index is 0.409. The molecule has 0 aliphatic rings. The molecule has 0 heterocycles. The van der Waals surface area contributed by atoms with Crippen LogP contribution in [0.5, 0.6) is 0 Å². The third-order valence-corrected chi connectivity index (χ3v) is 2.21. The Hall–Kier alpha value is 0.0900. The number of hydrogen-bond acceptors (Lipinski definition) is 1. The molecule has 1 heteroatoms. The summed E-state index contributed by atoms with van der Waals surface area (Å²) in [5.41, 5.74) is 1.41. The van der Waals surface area contributed by atoms with Gasteiger partial charge in [-0.25, -0.2) is 0 Å². The summed E-state index contributed by atoms with van der Waals surface area (Å²) in [6, 6.07) is 0. The first-order valence-corrected chi connectivity index (χ1v) is 4.68. The molecule has 0 saturated heterocycles. The Morgan fingerprint density at radius 3 is 2.10 bits per heavy atom. The molecule has 0 unspecified atom stereocenters. The normalized spacial score (nSPS) is 11.3. The molecule has 0 aromatic heterocycles. The van der Waals surface area contributed by atoms with Crippen molar-refractivity contribution in [2.75, 3.05) is 5.75 Å². The van der Waals surface area contributed by atoms with Crippen LogP contribution in [0.15, 0.2) is 11.6 Å². The number of allylic oxidation sites excluding steroid dienone is 1. The van der Waals surface area contributed by atoms with E-state index in [0.717, 1.165) is 5.75 Å². The zero-order valence-corrected chi connectivity index (χ0v) is 8.51. The van der Waals surface area contributed by atoms with Crippen LogP contribution in [-0.2, 0) is 0 Å². The van der Waals surface area contributed by atoms with Crippen LogP contribution in [0.1, 0.15) is 34.6 Å². The van der Waals surface area contributed by atoms with E-state index in [9.17, 15) is 0 Å². The second-order valence-electron chi connectivity index (χ2n) is 3.70. The van der Waals surface area contributed by atoms with Gasteiger partial charge in [0.25, 0.3) is 0 Å². The van der Waals surface area contributed by atoms with Crippen LogP contribution in [0, 0.1) is 0 Å². The van der Waals surface area contributed by atoms with Crippen molar-refractivity contribution in [3.8, 4) is 0 Å². The molecule has 0 aromatic rings. The van der Waals surface area contributed by atoms with E-state index in [1.165, 1.54) is 5.57 Å². The second-order valence-corrected chi connectivity index (χ2v) is 5.55. The van der Waals surface area contributed by atoms with Crippen LogP contribution in [0.2, 0.25) is 0 Å². The Morgan fingerprint density at radius 1 is 1.30 bits per heavy atom. The molecule has 0 amide bonds. The predicted molar refractivity (Wildman–Crippen MR) is 51.6 cm³/mol. The molecule has 0 rings (SSSR count). The van der Waals surface area contributed by atoms with Crippen molar-refractivity contribution < 1.29 is 0 Å². The van der Waals surface area contributed by atoms with Crippen molar-refractivity contribution in [1.82, 2.24) is 0 Å². The van der Waals surface area contributed by atoms with Crippen molar-refractivity contribution in [3.05, 3.63) is 11.6 Å². The maximum absolute atomic E-state index is 2.27. The Bertz CT molecular complexity index is 113. The van der Waals surface area contributed by atoms with Gasteiger partial charge in [0.1, 0.15) is 0 Å². The van der Waals surface area contributed by atoms with Crippen molar-refractivity contribution in [2.24, 2.45) is 0 Å². The first-order chi connectivity index (χ1) is 4.42. The monoisotopic (exact) mass is 158 g/mol. The van der Waals surface area contributed by atoms with Gasteiger partial charge >= 0.3 is 0 Å². The quantitative estimate of drug-likeness (QED) is 0.554. The van der Waals surface area contributed by atoms with Gasteiger partial charge in [0.15, 0.2) is 0 Å². The van der Waals surface area contributed by atoms with E-state index in [4.69, 9.17) is 0 Å². The smallest absolute Gasteiger partial charge is 0.0121 e. The minimum absolute atomic E-state index is 0.409. The van der Waals surface area contributed by atoms with E-state index < -0.39 is 0 Å². The topological polar surface area (TPSA) is 0 Å². The Morgan fingerprint density at radius 2 is 1.80 bits per heavy atom. The van der Waals surface area contributed by atoms with Crippen LogP contribution >= 0.6 is 11.8 Å². The molecular weight excluding hydrogens is 140 g/mol. The molecule has 0 fully saturated rings. The fourth-order valence-corrected chi connectivity index (χ4v) is 1.37. The van der Waals surface area contributed by atoms with Crippen LogP contribution in [-0.4, -0.2) is 10.5 Å². The molecular formula is C9H18S. The summed E-state index contributed by atoms with van der Waals surface area (Å²) in [4.78, 5) is 0. The fraction of sp³-hybridized carbons (Fsp3) is 0.778. The lowest BCUT2D eigenvalue weighted by Crippen LogP contribution is -2.07. The number of thioether (sulfide) groups is 1. The van der Waals surface area contributed by atoms with Gasteiger partial charge in [0.05, 0.1) is 0 Å². The molecule has 0 bridgehead atoms. The summed E-state index contributed by atoms with van der Waals surface area (Å²) in [5.74, 6) is 1.14. The standard InChI is InChI=1S/C9H18S/c1-8(2)6-7-10-9(3,4)5/h6H,7H2,1-5H3. The second kappa shape index (κ2) is 4.07. The molecule has 0 nitrogen and oxygen atoms in total. The summed E-state index contributed by atoms with van der Waals surface area (Å²) >= 11 is 1.99. The highest BCUT2D eigenvalue weighted by atomic mass is 32.2. The highest BCUT2D eigenvalue weighted by Crippen LogP contribution is 2.23. The van der Waals surface area contributed by atoms with E-state index in [-0.39, 0.29) is 0 Å². The molecule has 60 valence electrons. The minimum Gasteiger partial charge on any atom is -0.152 e. The average Bonchev–Trinajstić information content (AvgIpc) is 1.59. The molecule has 0 spiro atoms. The van der Waals surface area contributed by atoms with E-state index in [1.54, 1.807) is 0 Å². The summed E-state index contributed by atoms with van der Waals surface area (Å²) < 4.78 is 0.409. The van der Waals surface area contributed by atoms with Gasteiger partial charge in [-0.2, -0.15) is 11.8 Å². The van der Waals surface area contributed by atoms with Gasteiger partial charge in [-0.15, -0.1) is 0 Å². The fourth-order valence-electron chi connectivity index (χ4n) is 0.458. The SMILES string of the molecule is CC(C)=CCSC(C)(C)C. The third kappa shape index (κ3) is 8.09. The molecule has 0 atom stereocenters. The van der Waals surface area contributed by atoms with Crippen LogP contribution in [0.25, 0.3) is 0 Å². The zero-order chi connectivity index (χ0) is 8.20. The highest BCUT2D eigenvalue weighted by Gasteiger charge is 2.07. The molecule has 0 aliphatic heterocycles. The predicted octanol–water partition coefficient (Wildman–Crippen LogP) is 3.48. The summed E-state index contributed by atoms with van der Waals surface area (Å²) in [6.07, 6.45) is 2.27. The van der Waals surface area contributed by atoms with Gasteiger partial charge in [-0.3, -0.25) is 0 Å². The molecule has 0 N–H and O–H groups in total. The highest BCUT2D eigenvalue weighted by molar-refractivity contribution is 8.00. The summed E-state index contributed by atoms with van der Waals surface area (Å²) in [5, 5.41) is 0. The molecule has 10 heavy (non-hydrogen) atoms.